The summed E-state index contributed by atoms with van der Waals surface area (Å²) in [6.07, 6.45) is 4.92. The Bertz CT molecular complexity index is 361. The van der Waals surface area contributed by atoms with E-state index in [9.17, 15) is 0 Å². The lowest BCUT2D eigenvalue weighted by Gasteiger charge is -2.28. The lowest BCUT2D eigenvalue weighted by molar-refractivity contribution is 0.327. The lowest BCUT2D eigenvalue weighted by Crippen LogP contribution is -2.34. The fraction of sp³-hybridized carbons (Fsp3) is 0.500. The molecule has 1 aliphatic heterocycles. The Morgan fingerprint density at radius 3 is 2.94 bits per heavy atom. The Hall–Kier alpha value is -1.58. The van der Waals surface area contributed by atoms with Gasteiger partial charge in [-0.3, -0.25) is 5.41 Å². The maximum absolute atomic E-state index is 7.88. The Labute approximate surface area is 95.8 Å². The molecule has 4 nitrogen and oxygen atoms in total. The number of piperidine rings is 1. The summed E-state index contributed by atoms with van der Waals surface area (Å²) in [5, 5.41) is 7.88. The van der Waals surface area contributed by atoms with Gasteiger partial charge < -0.3 is 9.64 Å². The fourth-order valence-electron chi connectivity index (χ4n) is 1.88. The summed E-state index contributed by atoms with van der Waals surface area (Å²) in [7, 11) is 0. The van der Waals surface area contributed by atoms with Crippen molar-refractivity contribution in [3.8, 4) is 5.88 Å². The summed E-state index contributed by atoms with van der Waals surface area (Å²) in [4.78, 5) is 6.24. The van der Waals surface area contributed by atoms with Crippen LogP contribution in [0.15, 0.2) is 18.3 Å². The van der Waals surface area contributed by atoms with Crippen LogP contribution in [0.25, 0.3) is 0 Å². The Kier molecular flexibility index (Phi) is 3.39. The molecule has 1 aromatic heterocycles. The summed E-state index contributed by atoms with van der Waals surface area (Å²) in [5.74, 6) is 1.34. The standard InChI is InChI=1S/C12H17N3O/c1-2-16-12-7-6-10(9-14-12)15-8-4-3-5-11(15)13/h6-7,9,13H,2-5,8H2,1H3. The molecule has 0 radical (unpaired) electrons. The van der Waals surface area contributed by atoms with Gasteiger partial charge in [-0.15, -0.1) is 0 Å². The van der Waals surface area contributed by atoms with Gasteiger partial charge >= 0.3 is 0 Å². The number of aromatic nitrogens is 1. The van der Waals surface area contributed by atoms with E-state index in [0.717, 1.165) is 31.5 Å². The largest absolute Gasteiger partial charge is 0.478 e. The van der Waals surface area contributed by atoms with Crippen molar-refractivity contribution >= 4 is 11.5 Å². The van der Waals surface area contributed by atoms with Gasteiger partial charge in [-0.25, -0.2) is 4.98 Å². The second-order valence-corrected chi connectivity index (χ2v) is 3.84. The average molecular weight is 219 g/mol. The van der Waals surface area contributed by atoms with Crippen LogP contribution in [0.2, 0.25) is 0 Å². The van der Waals surface area contributed by atoms with Crippen LogP contribution in [0.5, 0.6) is 5.88 Å². The van der Waals surface area contributed by atoms with E-state index < -0.39 is 0 Å². The molecule has 0 atom stereocenters. The first-order chi connectivity index (χ1) is 7.81. The maximum Gasteiger partial charge on any atom is 0.213 e. The third-order valence-electron chi connectivity index (χ3n) is 2.70. The van der Waals surface area contributed by atoms with Crippen molar-refractivity contribution in [3.63, 3.8) is 0 Å². The van der Waals surface area contributed by atoms with Crippen LogP contribution in [0, 0.1) is 5.41 Å². The Morgan fingerprint density at radius 2 is 2.31 bits per heavy atom. The van der Waals surface area contributed by atoms with Gasteiger partial charge in [0.05, 0.1) is 18.5 Å². The average Bonchev–Trinajstić information content (AvgIpc) is 2.31. The summed E-state index contributed by atoms with van der Waals surface area (Å²) in [6.45, 7) is 3.50. The van der Waals surface area contributed by atoms with Crippen molar-refractivity contribution in [2.45, 2.75) is 26.2 Å². The molecule has 0 aromatic carbocycles. The molecule has 0 amide bonds. The molecule has 0 spiro atoms. The molecule has 1 N–H and O–H groups in total. The van der Waals surface area contributed by atoms with Gasteiger partial charge in [-0.05, 0) is 25.8 Å². The molecule has 0 saturated carbocycles. The zero-order valence-corrected chi connectivity index (χ0v) is 9.57. The van der Waals surface area contributed by atoms with Crippen molar-refractivity contribution in [3.05, 3.63) is 18.3 Å². The second-order valence-electron chi connectivity index (χ2n) is 3.84. The lowest BCUT2D eigenvalue weighted by atomic mass is 10.1. The Morgan fingerprint density at radius 1 is 1.44 bits per heavy atom. The van der Waals surface area contributed by atoms with E-state index in [1.807, 2.05) is 24.0 Å². The molecular weight excluding hydrogens is 202 g/mol. The molecule has 86 valence electrons. The first-order valence-corrected chi connectivity index (χ1v) is 5.75. The third kappa shape index (κ3) is 2.32. The highest BCUT2D eigenvalue weighted by Gasteiger charge is 2.16. The smallest absolute Gasteiger partial charge is 0.213 e. The van der Waals surface area contributed by atoms with Gasteiger partial charge in [0, 0.05) is 19.0 Å². The minimum atomic E-state index is 0.631. The minimum absolute atomic E-state index is 0.631. The first kappa shape index (κ1) is 10.9. The molecule has 0 unspecified atom stereocenters. The van der Waals surface area contributed by atoms with E-state index in [1.54, 1.807) is 6.20 Å². The predicted octanol–water partition coefficient (Wildman–Crippen LogP) is 2.45. The Balaban J connectivity index is 2.11. The second kappa shape index (κ2) is 4.96. The third-order valence-corrected chi connectivity index (χ3v) is 2.70. The topological polar surface area (TPSA) is 49.2 Å². The van der Waals surface area contributed by atoms with Crippen LogP contribution in [0.3, 0.4) is 0 Å². The molecule has 1 fully saturated rings. The van der Waals surface area contributed by atoms with Gasteiger partial charge in [-0.2, -0.15) is 0 Å². The van der Waals surface area contributed by atoms with E-state index in [2.05, 4.69) is 4.98 Å². The first-order valence-electron chi connectivity index (χ1n) is 5.75. The van der Waals surface area contributed by atoms with Crippen molar-refractivity contribution in [2.75, 3.05) is 18.1 Å². The molecule has 1 aromatic rings. The van der Waals surface area contributed by atoms with Gasteiger partial charge in [0.1, 0.15) is 5.84 Å². The van der Waals surface area contributed by atoms with Crippen molar-refractivity contribution < 1.29 is 4.74 Å². The molecule has 4 heteroatoms. The molecular formula is C12H17N3O. The SMILES string of the molecule is CCOc1ccc(N2CCCCC2=N)cn1. The molecule has 0 bridgehead atoms. The van der Waals surface area contributed by atoms with Crippen molar-refractivity contribution in [1.29, 1.82) is 5.41 Å². The molecule has 2 heterocycles. The van der Waals surface area contributed by atoms with Crippen LogP contribution in [0.1, 0.15) is 26.2 Å². The summed E-state index contributed by atoms with van der Waals surface area (Å²) in [6, 6.07) is 3.83. The van der Waals surface area contributed by atoms with Crippen LogP contribution in [0.4, 0.5) is 5.69 Å². The van der Waals surface area contributed by atoms with E-state index >= 15 is 0 Å². The molecule has 2 rings (SSSR count). The molecule has 0 aliphatic carbocycles. The monoisotopic (exact) mass is 219 g/mol. The highest BCUT2D eigenvalue weighted by atomic mass is 16.5. The number of rotatable bonds is 3. The van der Waals surface area contributed by atoms with Crippen molar-refractivity contribution in [1.82, 2.24) is 4.98 Å². The highest BCUT2D eigenvalue weighted by Crippen LogP contribution is 2.21. The molecule has 16 heavy (non-hydrogen) atoms. The maximum atomic E-state index is 7.88. The van der Waals surface area contributed by atoms with Gasteiger partial charge in [0.15, 0.2) is 0 Å². The van der Waals surface area contributed by atoms with Gasteiger partial charge in [-0.1, -0.05) is 0 Å². The minimum Gasteiger partial charge on any atom is -0.478 e. The number of amidine groups is 1. The number of hydrogen-bond acceptors (Lipinski definition) is 3. The number of ether oxygens (including phenoxy) is 1. The summed E-state index contributed by atoms with van der Waals surface area (Å²) >= 11 is 0. The molecule has 1 aliphatic rings. The number of hydrogen-bond donors (Lipinski definition) is 1. The highest BCUT2D eigenvalue weighted by molar-refractivity contribution is 5.95. The van der Waals surface area contributed by atoms with Crippen LogP contribution in [-0.4, -0.2) is 24.0 Å². The van der Waals surface area contributed by atoms with E-state index in [1.165, 1.54) is 0 Å². The number of anilines is 1. The van der Waals surface area contributed by atoms with Crippen molar-refractivity contribution in [2.24, 2.45) is 0 Å². The van der Waals surface area contributed by atoms with Crippen LogP contribution in [-0.2, 0) is 0 Å². The summed E-state index contributed by atoms with van der Waals surface area (Å²) < 4.78 is 5.29. The number of nitrogens with one attached hydrogen (secondary N) is 1. The number of nitrogens with zero attached hydrogens (tertiary/aromatic N) is 2. The zero-order valence-electron chi connectivity index (χ0n) is 9.57. The fourth-order valence-corrected chi connectivity index (χ4v) is 1.88. The molecule has 1 saturated heterocycles. The predicted molar refractivity (Wildman–Crippen MR) is 64.3 cm³/mol. The zero-order chi connectivity index (χ0) is 11.4. The van der Waals surface area contributed by atoms with Gasteiger partial charge in [0.2, 0.25) is 5.88 Å². The van der Waals surface area contributed by atoms with Crippen LogP contribution < -0.4 is 9.64 Å². The van der Waals surface area contributed by atoms with E-state index in [4.69, 9.17) is 10.1 Å². The summed E-state index contributed by atoms with van der Waals surface area (Å²) in [5.41, 5.74) is 0.994. The van der Waals surface area contributed by atoms with Gasteiger partial charge in [0.25, 0.3) is 0 Å². The van der Waals surface area contributed by atoms with E-state index in [-0.39, 0.29) is 0 Å². The van der Waals surface area contributed by atoms with Crippen LogP contribution >= 0.6 is 0 Å². The quantitative estimate of drug-likeness (QED) is 0.849. The van der Waals surface area contributed by atoms with E-state index in [0.29, 0.717) is 18.3 Å². The normalized spacial score (nSPS) is 16.3. The number of pyridine rings is 1.